The fourth-order valence-electron chi connectivity index (χ4n) is 3.29. The lowest BCUT2D eigenvalue weighted by Gasteiger charge is -2.21. The molecule has 29 heavy (non-hydrogen) atoms. The molecule has 2 aromatic rings. The van der Waals surface area contributed by atoms with Crippen LogP contribution in [0.2, 0.25) is 0 Å². The van der Waals surface area contributed by atoms with Gasteiger partial charge in [0.2, 0.25) is 5.91 Å². The van der Waals surface area contributed by atoms with Gasteiger partial charge in [-0.2, -0.15) is 0 Å². The van der Waals surface area contributed by atoms with Crippen LogP contribution in [0.15, 0.2) is 24.3 Å². The van der Waals surface area contributed by atoms with E-state index in [1.807, 2.05) is 6.07 Å². The Bertz CT molecular complexity index is 933. The van der Waals surface area contributed by atoms with Gasteiger partial charge >= 0.3 is 11.9 Å². The van der Waals surface area contributed by atoms with Gasteiger partial charge in [-0.05, 0) is 50.6 Å². The Morgan fingerprint density at radius 2 is 1.97 bits per heavy atom. The lowest BCUT2D eigenvalue weighted by atomic mass is 9.97. The van der Waals surface area contributed by atoms with Gasteiger partial charge in [0.05, 0.1) is 0 Å². The van der Waals surface area contributed by atoms with Crippen LogP contribution in [-0.2, 0) is 9.59 Å². The molecule has 0 bridgehead atoms. The van der Waals surface area contributed by atoms with Crippen LogP contribution in [0.3, 0.4) is 0 Å². The van der Waals surface area contributed by atoms with Crippen LogP contribution < -0.4 is 15.4 Å². The van der Waals surface area contributed by atoms with Gasteiger partial charge in [0.15, 0.2) is 11.5 Å². The number of thiophene rings is 1. The van der Waals surface area contributed by atoms with Gasteiger partial charge < -0.3 is 25.6 Å². The van der Waals surface area contributed by atoms with Crippen LogP contribution in [0.5, 0.6) is 5.75 Å². The maximum atomic E-state index is 12.5. The zero-order valence-electron chi connectivity index (χ0n) is 15.9. The first-order valence-corrected chi connectivity index (χ1v) is 10.0. The number of carboxylic acid groups (broad SMARTS) is 2. The number of carbonyl (C=O) groups excluding carboxylic acids is 1. The Hall–Kier alpha value is -2.91. The number of hydrogen-bond acceptors (Lipinski definition) is 6. The van der Waals surface area contributed by atoms with Crippen molar-refractivity contribution in [2.75, 3.05) is 25.0 Å². The second kappa shape index (κ2) is 9.06. The lowest BCUT2D eigenvalue weighted by Crippen LogP contribution is -2.34. The summed E-state index contributed by atoms with van der Waals surface area (Å²) in [6.45, 7) is 2.71. The fourth-order valence-corrected chi connectivity index (χ4v) is 4.38. The molecule has 0 atom stereocenters. The molecule has 2 heterocycles. The summed E-state index contributed by atoms with van der Waals surface area (Å²) in [7, 11) is 0. The molecule has 1 aromatic heterocycles. The van der Waals surface area contributed by atoms with Crippen molar-refractivity contribution in [3.63, 3.8) is 0 Å². The molecule has 1 amide bonds. The minimum Gasteiger partial charge on any atom is -0.480 e. The van der Waals surface area contributed by atoms with Gasteiger partial charge in [-0.15, -0.1) is 11.3 Å². The highest BCUT2D eigenvalue weighted by Gasteiger charge is 2.24. The average Bonchev–Trinajstić information content (AvgIpc) is 3.04. The van der Waals surface area contributed by atoms with Crippen molar-refractivity contribution >= 4 is 34.9 Å². The van der Waals surface area contributed by atoms with Gasteiger partial charge in [-0.3, -0.25) is 4.79 Å². The van der Waals surface area contributed by atoms with Gasteiger partial charge in [0.25, 0.3) is 0 Å². The van der Waals surface area contributed by atoms with Crippen molar-refractivity contribution in [1.82, 2.24) is 5.32 Å². The third-order valence-corrected chi connectivity index (χ3v) is 6.04. The Morgan fingerprint density at radius 1 is 1.24 bits per heavy atom. The Morgan fingerprint density at radius 3 is 2.62 bits per heavy atom. The highest BCUT2D eigenvalue weighted by atomic mass is 32.1. The van der Waals surface area contributed by atoms with E-state index in [1.165, 1.54) is 0 Å². The number of piperidine rings is 1. The van der Waals surface area contributed by atoms with Crippen molar-refractivity contribution in [2.24, 2.45) is 5.92 Å². The Balaban J connectivity index is 1.86. The largest absolute Gasteiger partial charge is 0.480 e. The number of aromatic carboxylic acids is 1. The summed E-state index contributed by atoms with van der Waals surface area (Å²) in [5.41, 5.74) is 1.91. The molecule has 3 rings (SSSR count). The van der Waals surface area contributed by atoms with E-state index >= 15 is 0 Å². The van der Waals surface area contributed by atoms with Crippen LogP contribution in [0, 0.1) is 12.8 Å². The third-order valence-electron chi connectivity index (χ3n) is 4.73. The molecular formula is C20H22N2O6S. The first-order valence-electron chi connectivity index (χ1n) is 9.20. The maximum absolute atomic E-state index is 12.5. The smallest absolute Gasteiger partial charge is 0.349 e. The second-order valence-corrected chi connectivity index (χ2v) is 7.82. The van der Waals surface area contributed by atoms with Crippen LogP contribution >= 0.6 is 11.3 Å². The number of nitrogens with one attached hydrogen (secondary N) is 2. The maximum Gasteiger partial charge on any atom is 0.349 e. The number of benzene rings is 1. The predicted molar refractivity (Wildman–Crippen MR) is 109 cm³/mol. The summed E-state index contributed by atoms with van der Waals surface area (Å²) >= 11 is 1.02. The monoisotopic (exact) mass is 418 g/mol. The molecule has 0 spiro atoms. The molecule has 1 fully saturated rings. The number of aliphatic carboxylic acids is 1. The molecule has 4 N–H and O–H groups in total. The summed E-state index contributed by atoms with van der Waals surface area (Å²) in [5.74, 6) is -2.36. The highest BCUT2D eigenvalue weighted by Crippen LogP contribution is 2.42. The Kier molecular flexibility index (Phi) is 6.50. The average molecular weight is 418 g/mol. The SMILES string of the molecule is Cc1c(-c2cccc(NC(=O)C3CCNCC3)c2)sc(C(=O)O)c1OCC(=O)O. The van der Waals surface area contributed by atoms with E-state index in [1.54, 1.807) is 25.1 Å². The molecule has 0 unspecified atom stereocenters. The summed E-state index contributed by atoms with van der Waals surface area (Å²) in [6, 6.07) is 7.16. The number of carboxylic acids is 2. The first kappa shape index (κ1) is 20.8. The van der Waals surface area contributed by atoms with Crippen molar-refractivity contribution in [3.8, 4) is 16.2 Å². The number of carbonyl (C=O) groups is 3. The number of amides is 1. The fraction of sp³-hybridized carbons (Fsp3) is 0.350. The van der Waals surface area contributed by atoms with Gasteiger partial charge in [0.1, 0.15) is 5.75 Å². The molecule has 0 saturated carbocycles. The van der Waals surface area contributed by atoms with Crippen molar-refractivity contribution in [1.29, 1.82) is 0 Å². The number of rotatable bonds is 7. The summed E-state index contributed by atoms with van der Waals surface area (Å²) in [6.07, 6.45) is 1.59. The Labute approximate surface area is 171 Å². The van der Waals surface area contributed by atoms with Crippen molar-refractivity contribution < 1.29 is 29.3 Å². The third kappa shape index (κ3) is 4.93. The molecule has 1 aliphatic rings. The van der Waals surface area contributed by atoms with E-state index in [4.69, 9.17) is 9.84 Å². The zero-order valence-corrected chi connectivity index (χ0v) is 16.7. The van der Waals surface area contributed by atoms with E-state index in [2.05, 4.69) is 10.6 Å². The standard InChI is InChI=1S/C20H22N2O6S/c1-11-16(28-10-15(23)24)18(20(26)27)29-17(11)13-3-2-4-14(9-13)22-19(25)12-5-7-21-8-6-12/h2-4,9,12,21H,5-8,10H2,1H3,(H,22,25)(H,23,24)(H,26,27). The number of hydrogen-bond donors (Lipinski definition) is 4. The minimum absolute atomic E-state index is 0.0248. The topological polar surface area (TPSA) is 125 Å². The van der Waals surface area contributed by atoms with Gasteiger partial charge in [-0.1, -0.05) is 12.1 Å². The number of anilines is 1. The molecular weight excluding hydrogens is 396 g/mol. The normalized spacial score (nSPS) is 14.4. The van der Waals surface area contributed by atoms with Crippen molar-refractivity contribution in [3.05, 3.63) is 34.7 Å². The van der Waals surface area contributed by atoms with E-state index < -0.39 is 18.5 Å². The molecule has 1 aliphatic heterocycles. The van der Waals surface area contributed by atoms with E-state index in [-0.39, 0.29) is 22.5 Å². The number of ether oxygens (including phenoxy) is 1. The first-order chi connectivity index (χ1) is 13.9. The van der Waals surface area contributed by atoms with Crippen LogP contribution in [-0.4, -0.2) is 47.8 Å². The van der Waals surface area contributed by atoms with Gasteiger partial charge in [-0.25, -0.2) is 9.59 Å². The molecule has 0 radical (unpaired) electrons. The zero-order chi connectivity index (χ0) is 21.0. The molecule has 154 valence electrons. The minimum atomic E-state index is -1.18. The lowest BCUT2D eigenvalue weighted by molar-refractivity contribution is -0.139. The van der Waals surface area contributed by atoms with E-state index in [9.17, 15) is 19.5 Å². The quantitative estimate of drug-likeness (QED) is 0.545. The van der Waals surface area contributed by atoms with E-state index in [0.29, 0.717) is 16.1 Å². The molecule has 1 saturated heterocycles. The molecule has 8 nitrogen and oxygen atoms in total. The van der Waals surface area contributed by atoms with Crippen LogP contribution in [0.1, 0.15) is 28.1 Å². The van der Waals surface area contributed by atoms with Crippen molar-refractivity contribution in [2.45, 2.75) is 19.8 Å². The molecule has 1 aromatic carbocycles. The molecule has 0 aliphatic carbocycles. The second-order valence-electron chi connectivity index (χ2n) is 6.80. The van der Waals surface area contributed by atoms with Crippen LogP contribution in [0.25, 0.3) is 10.4 Å². The highest BCUT2D eigenvalue weighted by molar-refractivity contribution is 7.18. The van der Waals surface area contributed by atoms with E-state index in [0.717, 1.165) is 42.8 Å². The summed E-state index contributed by atoms with van der Waals surface area (Å²) in [4.78, 5) is 35.5. The predicted octanol–water partition coefficient (Wildman–Crippen LogP) is 2.82. The summed E-state index contributed by atoms with van der Waals surface area (Å²) in [5, 5.41) is 24.5. The summed E-state index contributed by atoms with van der Waals surface area (Å²) < 4.78 is 5.22. The van der Waals surface area contributed by atoms with Crippen LogP contribution in [0.4, 0.5) is 5.69 Å². The van der Waals surface area contributed by atoms with Gasteiger partial charge in [0, 0.05) is 22.0 Å². The molecule has 9 heteroatoms.